The molecule has 0 heterocycles. The molecule has 0 unspecified atom stereocenters. The van der Waals surface area contributed by atoms with Crippen LogP contribution in [0.2, 0.25) is 0 Å². The standard InChI is InChI=1S/C7H5F4NO2/c8-4-1-3(13)2-5(12)6(4)14-7(9,10)11/h1-2,13H,12H2. The Hall–Kier alpha value is -1.66. The van der Waals surface area contributed by atoms with Crippen LogP contribution < -0.4 is 10.5 Å². The lowest BCUT2D eigenvalue weighted by Crippen LogP contribution is -2.18. The number of phenolic OH excluding ortho intramolecular Hbond substituents is 1. The fourth-order valence-corrected chi connectivity index (χ4v) is 0.823. The highest BCUT2D eigenvalue weighted by atomic mass is 19.4. The quantitative estimate of drug-likeness (QED) is 0.551. The van der Waals surface area contributed by atoms with E-state index < -0.39 is 29.4 Å². The Morgan fingerprint density at radius 2 is 1.86 bits per heavy atom. The van der Waals surface area contributed by atoms with Crippen LogP contribution in [0.4, 0.5) is 23.2 Å². The van der Waals surface area contributed by atoms with Crippen molar-refractivity contribution in [1.82, 2.24) is 0 Å². The van der Waals surface area contributed by atoms with E-state index in [1.807, 2.05) is 0 Å². The number of nitrogens with two attached hydrogens (primary N) is 1. The Balaban J connectivity index is 3.09. The number of rotatable bonds is 1. The number of hydrogen-bond acceptors (Lipinski definition) is 3. The van der Waals surface area contributed by atoms with Gasteiger partial charge in [0, 0.05) is 12.1 Å². The number of phenols is 1. The first-order valence-corrected chi connectivity index (χ1v) is 3.33. The lowest BCUT2D eigenvalue weighted by Gasteiger charge is -2.11. The third kappa shape index (κ3) is 2.41. The highest BCUT2D eigenvalue weighted by Crippen LogP contribution is 2.33. The molecule has 78 valence electrons. The minimum absolute atomic E-state index is 0.470. The van der Waals surface area contributed by atoms with Gasteiger partial charge in [0.1, 0.15) is 5.75 Å². The van der Waals surface area contributed by atoms with Crippen molar-refractivity contribution < 1.29 is 27.4 Å². The van der Waals surface area contributed by atoms with Gasteiger partial charge in [-0.15, -0.1) is 13.2 Å². The predicted molar refractivity (Wildman–Crippen MR) is 39.2 cm³/mol. The maximum atomic E-state index is 12.8. The predicted octanol–water partition coefficient (Wildman–Crippen LogP) is 2.01. The van der Waals surface area contributed by atoms with Crippen LogP contribution >= 0.6 is 0 Å². The summed E-state index contributed by atoms with van der Waals surface area (Å²) < 4.78 is 51.2. The smallest absolute Gasteiger partial charge is 0.508 e. The van der Waals surface area contributed by atoms with Gasteiger partial charge >= 0.3 is 6.36 Å². The molecule has 0 atom stereocenters. The van der Waals surface area contributed by atoms with Crippen molar-refractivity contribution >= 4 is 5.69 Å². The van der Waals surface area contributed by atoms with Crippen LogP contribution in [0, 0.1) is 5.82 Å². The van der Waals surface area contributed by atoms with Crippen LogP contribution in [0.5, 0.6) is 11.5 Å². The van der Waals surface area contributed by atoms with E-state index in [0.29, 0.717) is 6.07 Å². The maximum Gasteiger partial charge on any atom is 0.573 e. The van der Waals surface area contributed by atoms with Crippen molar-refractivity contribution in [2.75, 3.05) is 5.73 Å². The number of benzene rings is 1. The zero-order valence-corrected chi connectivity index (χ0v) is 6.60. The van der Waals surface area contributed by atoms with Gasteiger partial charge in [-0.1, -0.05) is 0 Å². The molecule has 0 fully saturated rings. The largest absolute Gasteiger partial charge is 0.573 e. The van der Waals surface area contributed by atoms with E-state index in [4.69, 9.17) is 10.8 Å². The topological polar surface area (TPSA) is 55.5 Å². The second kappa shape index (κ2) is 3.24. The zero-order valence-electron chi connectivity index (χ0n) is 6.60. The summed E-state index contributed by atoms with van der Waals surface area (Å²) in [5.74, 6) is -3.09. The molecule has 0 bridgehead atoms. The maximum absolute atomic E-state index is 12.8. The zero-order chi connectivity index (χ0) is 10.9. The van der Waals surface area contributed by atoms with Gasteiger partial charge in [0.2, 0.25) is 0 Å². The molecule has 7 heteroatoms. The van der Waals surface area contributed by atoms with E-state index in [-0.39, 0.29) is 0 Å². The number of anilines is 1. The summed E-state index contributed by atoms with van der Waals surface area (Å²) in [7, 11) is 0. The summed E-state index contributed by atoms with van der Waals surface area (Å²) in [5, 5.41) is 8.76. The van der Waals surface area contributed by atoms with Crippen LogP contribution in [0.15, 0.2) is 12.1 Å². The third-order valence-electron chi connectivity index (χ3n) is 1.27. The number of alkyl halides is 3. The van der Waals surface area contributed by atoms with Gasteiger partial charge in [0.15, 0.2) is 11.6 Å². The number of hydrogen-bond donors (Lipinski definition) is 2. The summed E-state index contributed by atoms with van der Waals surface area (Å²) >= 11 is 0. The van der Waals surface area contributed by atoms with Gasteiger partial charge in [-0.05, 0) is 0 Å². The van der Waals surface area contributed by atoms with Gasteiger partial charge in [-0.3, -0.25) is 0 Å². The highest BCUT2D eigenvalue weighted by molar-refractivity contribution is 5.56. The Morgan fingerprint density at radius 1 is 1.29 bits per heavy atom. The van der Waals surface area contributed by atoms with E-state index in [2.05, 4.69) is 4.74 Å². The monoisotopic (exact) mass is 211 g/mol. The van der Waals surface area contributed by atoms with E-state index in [0.717, 1.165) is 6.07 Å². The molecule has 1 rings (SSSR count). The van der Waals surface area contributed by atoms with Crippen molar-refractivity contribution in [3.05, 3.63) is 17.9 Å². The van der Waals surface area contributed by atoms with Gasteiger partial charge in [0.25, 0.3) is 0 Å². The molecule has 0 aromatic heterocycles. The molecule has 1 aromatic rings. The molecule has 0 amide bonds. The van der Waals surface area contributed by atoms with E-state index >= 15 is 0 Å². The van der Waals surface area contributed by atoms with Crippen molar-refractivity contribution in [2.24, 2.45) is 0 Å². The van der Waals surface area contributed by atoms with Gasteiger partial charge in [-0.25, -0.2) is 4.39 Å². The average Bonchev–Trinajstić information content (AvgIpc) is 1.95. The SMILES string of the molecule is Nc1cc(O)cc(F)c1OC(F)(F)F. The molecule has 0 aliphatic carbocycles. The van der Waals surface area contributed by atoms with Gasteiger partial charge in [-0.2, -0.15) is 0 Å². The molecular weight excluding hydrogens is 206 g/mol. The van der Waals surface area contributed by atoms with Crippen LogP contribution in [-0.4, -0.2) is 11.5 Å². The lowest BCUT2D eigenvalue weighted by atomic mass is 10.2. The summed E-state index contributed by atoms with van der Waals surface area (Å²) in [4.78, 5) is 0. The average molecular weight is 211 g/mol. The van der Waals surface area contributed by atoms with E-state index in [1.54, 1.807) is 0 Å². The van der Waals surface area contributed by atoms with Crippen molar-refractivity contribution in [2.45, 2.75) is 6.36 Å². The van der Waals surface area contributed by atoms with Crippen LogP contribution in [0.25, 0.3) is 0 Å². The fraction of sp³-hybridized carbons (Fsp3) is 0.143. The summed E-state index contributed by atoms with van der Waals surface area (Å²) in [6, 6.07) is 1.22. The molecule has 3 N–H and O–H groups in total. The number of halogens is 4. The molecule has 0 spiro atoms. The van der Waals surface area contributed by atoms with Crippen LogP contribution in [-0.2, 0) is 0 Å². The molecule has 3 nitrogen and oxygen atoms in total. The molecule has 0 aliphatic rings. The molecule has 1 aromatic carbocycles. The van der Waals surface area contributed by atoms with Gasteiger partial charge < -0.3 is 15.6 Å². The second-order valence-electron chi connectivity index (χ2n) is 2.39. The molecule has 0 radical (unpaired) electrons. The van der Waals surface area contributed by atoms with Crippen LogP contribution in [0.3, 0.4) is 0 Å². The first-order chi connectivity index (χ1) is 6.29. The Labute approximate surface area is 75.7 Å². The minimum atomic E-state index is -5.02. The fourth-order valence-electron chi connectivity index (χ4n) is 0.823. The highest BCUT2D eigenvalue weighted by Gasteiger charge is 2.33. The van der Waals surface area contributed by atoms with Crippen molar-refractivity contribution in [3.63, 3.8) is 0 Å². The normalized spacial score (nSPS) is 11.4. The molecule has 0 saturated heterocycles. The molecule has 14 heavy (non-hydrogen) atoms. The number of ether oxygens (including phenoxy) is 1. The van der Waals surface area contributed by atoms with E-state index in [1.165, 1.54) is 0 Å². The minimum Gasteiger partial charge on any atom is -0.508 e. The Bertz CT molecular complexity index is 327. The Kier molecular flexibility index (Phi) is 2.41. The second-order valence-corrected chi connectivity index (χ2v) is 2.39. The molecular formula is C7H5F4NO2. The van der Waals surface area contributed by atoms with Crippen LogP contribution in [0.1, 0.15) is 0 Å². The lowest BCUT2D eigenvalue weighted by molar-refractivity contribution is -0.275. The summed E-state index contributed by atoms with van der Waals surface area (Å²) in [6.07, 6.45) is -5.02. The Morgan fingerprint density at radius 3 is 2.29 bits per heavy atom. The van der Waals surface area contributed by atoms with Crippen molar-refractivity contribution in [3.8, 4) is 11.5 Å². The van der Waals surface area contributed by atoms with Gasteiger partial charge in [0.05, 0.1) is 5.69 Å². The number of nitrogen functional groups attached to an aromatic ring is 1. The first-order valence-electron chi connectivity index (χ1n) is 3.33. The molecule has 0 aliphatic heterocycles. The summed E-state index contributed by atoms with van der Waals surface area (Å²) in [5.41, 5.74) is 4.38. The number of aromatic hydroxyl groups is 1. The van der Waals surface area contributed by atoms with E-state index in [9.17, 15) is 17.6 Å². The molecule has 0 saturated carbocycles. The summed E-state index contributed by atoms with van der Waals surface area (Å²) in [6.45, 7) is 0. The third-order valence-corrected chi connectivity index (χ3v) is 1.27. The van der Waals surface area contributed by atoms with Crippen molar-refractivity contribution in [1.29, 1.82) is 0 Å². The first kappa shape index (κ1) is 10.4.